The summed E-state index contributed by atoms with van der Waals surface area (Å²) in [5.41, 5.74) is 1.55. The Labute approximate surface area is 195 Å². The molecule has 0 aromatic heterocycles. The average molecular weight is 449 g/mol. The van der Waals surface area contributed by atoms with Gasteiger partial charge in [-0.3, -0.25) is 4.79 Å². The highest BCUT2D eigenvalue weighted by molar-refractivity contribution is 5.93. The first-order valence-corrected chi connectivity index (χ1v) is 11.3. The van der Waals surface area contributed by atoms with Gasteiger partial charge in [0.15, 0.2) is 0 Å². The molecule has 6 heteroatoms. The maximum absolute atomic E-state index is 12.3. The molecule has 0 bridgehead atoms. The number of hydrogen-bond donors (Lipinski definition) is 2. The third-order valence-corrected chi connectivity index (χ3v) is 4.75. The van der Waals surface area contributed by atoms with Crippen LogP contribution in [0.1, 0.15) is 20.3 Å². The zero-order chi connectivity index (χ0) is 23.3. The average Bonchev–Trinajstić information content (AvgIpc) is 2.82. The predicted octanol–water partition coefficient (Wildman–Crippen LogP) is 5.62. The van der Waals surface area contributed by atoms with Gasteiger partial charge in [0.05, 0.1) is 13.2 Å². The number of amides is 1. The molecule has 0 atom stereocenters. The predicted molar refractivity (Wildman–Crippen MR) is 132 cm³/mol. The van der Waals surface area contributed by atoms with E-state index >= 15 is 0 Å². The van der Waals surface area contributed by atoms with E-state index in [1.165, 1.54) is 0 Å². The number of rotatable bonds is 13. The Hall–Kier alpha value is -3.67. The number of carbonyl (C=O) groups is 1. The van der Waals surface area contributed by atoms with Crippen molar-refractivity contribution < 1.29 is 19.0 Å². The summed E-state index contributed by atoms with van der Waals surface area (Å²) in [5, 5.41) is 6.01. The van der Waals surface area contributed by atoms with Gasteiger partial charge in [-0.15, -0.1) is 0 Å². The van der Waals surface area contributed by atoms with Crippen LogP contribution in [0.3, 0.4) is 0 Å². The summed E-state index contributed by atoms with van der Waals surface area (Å²) in [4.78, 5) is 12.3. The van der Waals surface area contributed by atoms with Crippen molar-refractivity contribution in [3.8, 4) is 17.2 Å². The molecule has 6 nitrogen and oxygen atoms in total. The first kappa shape index (κ1) is 24.0. The van der Waals surface area contributed by atoms with E-state index in [2.05, 4.69) is 24.5 Å². The van der Waals surface area contributed by atoms with E-state index in [0.717, 1.165) is 29.4 Å². The first-order chi connectivity index (χ1) is 16.1. The van der Waals surface area contributed by atoms with Crippen LogP contribution in [0.2, 0.25) is 0 Å². The third-order valence-electron chi connectivity index (χ3n) is 4.75. The van der Waals surface area contributed by atoms with Crippen molar-refractivity contribution in [2.45, 2.75) is 20.3 Å². The largest absolute Gasteiger partial charge is 0.494 e. The van der Waals surface area contributed by atoms with Crippen molar-refractivity contribution in [2.75, 3.05) is 37.0 Å². The Morgan fingerprint density at radius 1 is 0.727 bits per heavy atom. The van der Waals surface area contributed by atoms with E-state index in [9.17, 15) is 4.79 Å². The number of hydrogen-bond acceptors (Lipinski definition) is 5. The minimum absolute atomic E-state index is 0.132. The fraction of sp³-hybridized carbons (Fsp3) is 0.296. The SMILES string of the molecule is CC(C)CCOc1cccc(NC(=O)CNc2ccc(OCCOc3ccccc3)cc2)c1. The number of carbonyl (C=O) groups excluding carboxylic acids is 1. The lowest BCUT2D eigenvalue weighted by Gasteiger charge is -2.11. The summed E-state index contributed by atoms with van der Waals surface area (Å²) in [7, 11) is 0. The standard InChI is InChI=1S/C27H32N2O4/c1-21(2)15-16-31-26-10-6-7-23(19-26)29-27(30)20-28-22-11-13-25(14-12-22)33-18-17-32-24-8-4-3-5-9-24/h3-14,19,21,28H,15-18,20H2,1-2H3,(H,29,30). The molecule has 174 valence electrons. The summed E-state index contributed by atoms with van der Waals surface area (Å²) in [6, 6.07) is 24.6. The fourth-order valence-corrected chi connectivity index (χ4v) is 2.97. The van der Waals surface area contributed by atoms with E-state index in [-0.39, 0.29) is 12.5 Å². The molecule has 2 N–H and O–H groups in total. The van der Waals surface area contributed by atoms with E-state index in [0.29, 0.717) is 31.4 Å². The van der Waals surface area contributed by atoms with Gasteiger partial charge in [0.2, 0.25) is 5.91 Å². The van der Waals surface area contributed by atoms with Crippen LogP contribution in [0.5, 0.6) is 17.2 Å². The van der Waals surface area contributed by atoms with Gasteiger partial charge in [0.25, 0.3) is 0 Å². The molecule has 0 saturated heterocycles. The van der Waals surface area contributed by atoms with Crippen LogP contribution in [0.15, 0.2) is 78.9 Å². The maximum Gasteiger partial charge on any atom is 0.243 e. The Morgan fingerprint density at radius 3 is 2.06 bits per heavy atom. The highest BCUT2D eigenvalue weighted by Gasteiger charge is 2.05. The van der Waals surface area contributed by atoms with Gasteiger partial charge in [-0.05, 0) is 60.9 Å². The van der Waals surface area contributed by atoms with Crippen LogP contribution in [0.4, 0.5) is 11.4 Å². The van der Waals surface area contributed by atoms with E-state index in [1.54, 1.807) is 0 Å². The molecule has 0 aliphatic carbocycles. The Morgan fingerprint density at radius 2 is 1.36 bits per heavy atom. The van der Waals surface area contributed by atoms with Crippen LogP contribution in [-0.2, 0) is 4.79 Å². The van der Waals surface area contributed by atoms with Crippen molar-refractivity contribution in [2.24, 2.45) is 5.92 Å². The second-order valence-electron chi connectivity index (χ2n) is 7.99. The molecule has 0 radical (unpaired) electrons. The van der Waals surface area contributed by atoms with Crippen LogP contribution >= 0.6 is 0 Å². The number of benzene rings is 3. The highest BCUT2D eigenvalue weighted by atomic mass is 16.5. The van der Waals surface area contributed by atoms with Crippen molar-refractivity contribution >= 4 is 17.3 Å². The molecule has 33 heavy (non-hydrogen) atoms. The van der Waals surface area contributed by atoms with Crippen LogP contribution in [0.25, 0.3) is 0 Å². The molecule has 1 amide bonds. The van der Waals surface area contributed by atoms with Gasteiger partial charge < -0.3 is 24.8 Å². The van der Waals surface area contributed by atoms with Gasteiger partial charge in [-0.25, -0.2) is 0 Å². The lowest BCUT2D eigenvalue weighted by atomic mass is 10.1. The smallest absolute Gasteiger partial charge is 0.243 e. The second-order valence-corrected chi connectivity index (χ2v) is 7.99. The molecule has 0 fully saturated rings. The molecule has 0 spiro atoms. The molecule has 0 heterocycles. The number of nitrogens with one attached hydrogen (secondary N) is 2. The summed E-state index contributed by atoms with van der Waals surface area (Å²) < 4.78 is 17.1. The van der Waals surface area contributed by atoms with Crippen LogP contribution in [0, 0.1) is 5.92 Å². The minimum atomic E-state index is -0.132. The highest BCUT2D eigenvalue weighted by Crippen LogP contribution is 2.19. The van der Waals surface area contributed by atoms with E-state index in [4.69, 9.17) is 14.2 Å². The molecule has 3 aromatic carbocycles. The molecule has 0 aliphatic heterocycles. The molecule has 0 aliphatic rings. The van der Waals surface area contributed by atoms with Gasteiger partial charge in [0, 0.05) is 17.4 Å². The van der Waals surface area contributed by atoms with Gasteiger partial charge >= 0.3 is 0 Å². The Kier molecular flexibility index (Phi) is 9.45. The van der Waals surface area contributed by atoms with Crippen molar-refractivity contribution in [1.29, 1.82) is 0 Å². The van der Waals surface area contributed by atoms with Crippen molar-refractivity contribution in [3.05, 3.63) is 78.9 Å². The number of para-hydroxylation sites is 1. The van der Waals surface area contributed by atoms with Gasteiger partial charge in [-0.1, -0.05) is 38.1 Å². The van der Waals surface area contributed by atoms with Gasteiger partial charge in [-0.2, -0.15) is 0 Å². The summed E-state index contributed by atoms with van der Waals surface area (Å²) in [6.45, 7) is 6.06. The molecule has 3 rings (SSSR count). The quantitative estimate of drug-likeness (QED) is 0.332. The van der Waals surface area contributed by atoms with Crippen LogP contribution < -0.4 is 24.8 Å². The normalized spacial score (nSPS) is 10.5. The molecule has 0 unspecified atom stereocenters. The number of anilines is 2. The monoisotopic (exact) mass is 448 g/mol. The zero-order valence-electron chi connectivity index (χ0n) is 19.3. The summed E-state index contributed by atoms with van der Waals surface area (Å²) in [5.74, 6) is 2.78. The van der Waals surface area contributed by atoms with Crippen molar-refractivity contribution in [3.63, 3.8) is 0 Å². The molecule has 0 saturated carbocycles. The summed E-state index contributed by atoms with van der Waals surface area (Å²) >= 11 is 0. The van der Waals surface area contributed by atoms with Crippen LogP contribution in [-0.4, -0.2) is 32.3 Å². The third kappa shape index (κ3) is 9.15. The topological polar surface area (TPSA) is 68.8 Å². The molecule has 3 aromatic rings. The maximum atomic E-state index is 12.3. The van der Waals surface area contributed by atoms with E-state index in [1.807, 2.05) is 78.9 Å². The Balaban J connectivity index is 1.36. The molecular formula is C27H32N2O4. The van der Waals surface area contributed by atoms with Gasteiger partial charge in [0.1, 0.15) is 30.5 Å². The summed E-state index contributed by atoms with van der Waals surface area (Å²) in [6.07, 6.45) is 0.992. The lowest BCUT2D eigenvalue weighted by Crippen LogP contribution is -2.21. The lowest BCUT2D eigenvalue weighted by molar-refractivity contribution is -0.114. The Bertz CT molecular complexity index is 975. The fourth-order valence-electron chi connectivity index (χ4n) is 2.97. The molecular weight excluding hydrogens is 416 g/mol. The first-order valence-electron chi connectivity index (χ1n) is 11.3. The zero-order valence-corrected chi connectivity index (χ0v) is 19.3. The minimum Gasteiger partial charge on any atom is -0.494 e. The second kappa shape index (κ2) is 13.0. The van der Waals surface area contributed by atoms with Crippen molar-refractivity contribution in [1.82, 2.24) is 0 Å². The van der Waals surface area contributed by atoms with E-state index < -0.39 is 0 Å². The number of ether oxygens (including phenoxy) is 3.